The molecular weight excluding hydrogens is 240 g/mol. The first-order valence-corrected chi connectivity index (χ1v) is 6.86. The second kappa shape index (κ2) is 7.26. The molecule has 1 amide bonds. The molecule has 1 unspecified atom stereocenters. The van der Waals surface area contributed by atoms with Crippen LogP contribution in [0.4, 0.5) is 0 Å². The number of carbonyl (C=O) groups is 1. The lowest BCUT2D eigenvalue weighted by molar-refractivity contribution is 0.0944. The van der Waals surface area contributed by atoms with Crippen LogP contribution in [0.15, 0.2) is 24.3 Å². The summed E-state index contributed by atoms with van der Waals surface area (Å²) >= 11 is 0. The molecule has 0 spiro atoms. The maximum atomic E-state index is 12.1. The normalized spacial score (nSPS) is 19.1. The Morgan fingerprint density at radius 3 is 3.16 bits per heavy atom. The van der Waals surface area contributed by atoms with Crippen LogP contribution < -0.4 is 10.6 Å². The predicted octanol–water partition coefficient (Wildman–Crippen LogP) is 1.56. The molecule has 0 aromatic heterocycles. The summed E-state index contributed by atoms with van der Waals surface area (Å²) in [5.74, 6) is 0.559. The van der Waals surface area contributed by atoms with Crippen molar-refractivity contribution >= 4 is 5.91 Å². The Labute approximate surface area is 114 Å². The van der Waals surface area contributed by atoms with Crippen molar-refractivity contribution in [3.8, 4) is 0 Å². The third-order valence-electron chi connectivity index (χ3n) is 3.45. The number of benzene rings is 1. The molecule has 2 N–H and O–H groups in total. The minimum absolute atomic E-state index is 0.00327. The summed E-state index contributed by atoms with van der Waals surface area (Å²) in [6.07, 6.45) is 2.39. The van der Waals surface area contributed by atoms with Gasteiger partial charge in [0.2, 0.25) is 0 Å². The van der Waals surface area contributed by atoms with Gasteiger partial charge in [0.1, 0.15) is 0 Å². The highest BCUT2D eigenvalue weighted by Crippen LogP contribution is 2.10. The van der Waals surface area contributed by atoms with Crippen LogP contribution >= 0.6 is 0 Å². The van der Waals surface area contributed by atoms with Gasteiger partial charge in [0.05, 0.1) is 6.61 Å². The van der Waals surface area contributed by atoms with E-state index in [4.69, 9.17) is 4.74 Å². The molecule has 0 radical (unpaired) electrons. The van der Waals surface area contributed by atoms with Gasteiger partial charge in [-0.2, -0.15) is 0 Å². The van der Waals surface area contributed by atoms with Gasteiger partial charge in [-0.25, -0.2) is 0 Å². The number of ether oxygens (including phenoxy) is 1. The summed E-state index contributed by atoms with van der Waals surface area (Å²) in [5.41, 5.74) is 1.73. The average molecular weight is 262 g/mol. The van der Waals surface area contributed by atoms with E-state index in [0.717, 1.165) is 25.2 Å². The molecule has 104 valence electrons. The van der Waals surface area contributed by atoms with Crippen LogP contribution in [0.1, 0.15) is 28.8 Å². The number of hydrogen-bond acceptors (Lipinski definition) is 3. The zero-order valence-electron chi connectivity index (χ0n) is 11.4. The average Bonchev–Trinajstić information content (AvgIpc) is 2.46. The number of piperidine rings is 1. The lowest BCUT2D eigenvalue weighted by atomic mass is 9.99. The Morgan fingerprint density at radius 1 is 1.53 bits per heavy atom. The van der Waals surface area contributed by atoms with Crippen LogP contribution in [0.2, 0.25) is 0 Å². The predicted molar refractivity (Wildman–Crippen MR) is 75.1 cm³/mol. The van der Waals surface area contributed by atoms with E-state index in [1.54, 1.807) is 7.11 Å². The third kappa shape index (κ3) is 4.33. The molecule has 0 aliphatic carbocycles. The van der Waals surface area contributed by atoms with E-state index in [9.17, 15) is 4.79 Å². The zero-order valence-corrected chi connectivity index (χ0v) is 11.4. The quantitative estimate of drug-likeness (QED) is 0.846. The molecule has 0 bridgehead atoms. The molecule has 1 aliphatic heterocycles. The number of methoxy groups -OCH3 is 1. The van der Waals surface area contributed by atoms with E-state index in [2.05, 4.69) is 10.6 Å². The number of nitrogens with one attached hydrogen (secondary N) is 2. The van der Waals surface area contributed by atoms with Crippen molar-refractivity contribution in [1.29, 1.82) is 0 Å². The Balaban J connectivity index is 1.86. The van der Waals surface area contributed by atoms with Crippen molar-refractivity contribution in [2.24, 2.45) is 5.92 Å². The Morgan fingerprint density at radius 2 is 2.42 bits per heavy atom. The fraction of sp³-hybridized carbons (Fsp3) is 0.533. The van der Waals surface area contributed by atoms with E-state index < -0.39 is 0 Å². The van der Waals surface area contributed by atoms with E-state index in [1.165, 1.54) is 12.8 Å². The van der Waals surface area contributed by atoms with E-state index >= 15 is 0 Å². The number of rotatable bonds is 5. The van der Waals surface area contributed by atoms with Crippen LogP contribution in [-0.2, 0) is 11.3 Å². The molecule has 4 nitrogen and oxygen atoms in total. The summed E-state index contributed by atoms with van der Waals surface area (Å²) in [6.45, 7) is 3.39. The zero-order chi connectivity index (χ0) is 13.5. The molecule has 1 heterocycles. The second-order valence-corrected chi connectivity index (χ2v) is 5.06. The first kappa shape index (κ1) is 14.0. The smallest absolute Gasteiger partial charge is 0.251 e. The van der Waals surface area contributed by atoms with Crippen molar-refractivity contribution < 1.29 is 9.53 Å². The summed E-state index contributed by atoms with van der Waals surface area (Å²) < 4.78 is 5.08. The molecule has 0 saturated carbocycles. The second-order valence-electron chi connectivity index (χ2n) is 5.06. The van der Waals surface area contributed by atoms with Crippen LogP contribution in [0.3, 0.4) is 0 Å². The summed E-state index contributed by atoms with van der Waals surface area (Å²) in [7, 11) is 1.66. The van der Waals surface area contributed by atoms with E-state index in [0.29, 0.717) is 18.1 Å². The Bertz CT molecular complexity index is 414. The lowest BCUT2D eigenvalue weighted by Gasteiger charge is -2.22. The van der Waals surface area contributed by atoms with Crippen LogP contribution in [0, 0.1) is 5.92 Å². The van der Waals surface area contributed by atoms with Gasteiger partial charge >= 0.3 is 0 Å². The summed E-state index contributed by atoms with van der Waals surface area (Å²) in [4.78, 5) is 12.1. The van der Waals surface area contributed by atoms with Crippen LogP contribution in [0.5, 0.6) is 0 Å². The van der Waals surface area contributed by atoms with Gasteiger partial charge in [-0.1, -0.05) is 12.1 Å². The largest absolute Gasteiger partial charge is 0.380 e. The van der Waals surface area contributed by atoms with Gasteiger partial charge in [-0.3, -0.25) is 4.79 Å². The van der Waals surface area contributed by atoms with Crippen LogP contribution in [0.25, 0.3) is 0 Å². The highest BCUT2D eigenvalue weighted by molar-refractivity contribution is 5.94. The molecule has 4 heteroatoms. The van der Waals surface area contributed by atoms with Crippen molar-refractivity contribution in [1.82, 2.24) is 10.6 Å². The SMILES string of the molecule is COCc1cccc(C(=O)NCC2CCCNC2)c1. The van der Waals surface area contributed by atoms with Crippen molar-refractivity contribution in [2.45, 2.75) is 19.4 Å². The third-order valence-corrected chi connectivity index (χ3v) is 3.45. The highest BCUT2D eigenvalue weighted by atomic mass is 16.5. The van der Waals surface area contributed by atoms with Gasteiger partial charge in [-0.05, 0) is 49.5 Å². The van der Waals surface area contributed by atoms with Crippen molar-refractivity contribution in [2.75, 3.05) is 26.7 Å². The Kier molecular flexibility index (Phi) is 5.36. The lowest BCUT2D eigenvalue weighted by Crippen LogP contribution is -2.38. The molecular formula is C15H22N2O2. The number of amides is 1. The minimum atomic E-state index is 0.00327. The van der Waals surface area contributed by atoms with Gasteiger partial charge in [0.15, 0.2) is 0 Å². The van der Waals surface area contributed by atoms with Gasteiger partial charge < -0.3 is 15.4 Å². The van der Waals surface area contributed by atoms with Gasteiger partial charge in [-0.15, -0.1) is 0 Å². The van der Waals surface area contributed by atoms with Gasteiger partial charge in [0, 0.05) is 19.2 Å². The maximum Gasteiger partial charge on any atom is 0.251 e. The van der Waals surface area contributed by atoms with Crippen molar-refractivity contribution in [3.63, 3.8) is 0 Å². The number of carbonyl (C=O) groups excluding carboxylic acids is 1. The Hall–Kier alpha value is -1.39. The molecule has 19 heavy (non-hydrogen) atoms. The first-order chi connectivity index (χ1) is 9.29. The number of hydrogen-bond donors (Lipinski definition) is 2. The highest BCUT2D eigenvalue weighted by Gasteiger charge is 2.14. The molecule has 1 aliphatic rings. The maximum absolute atomic E-state index is 12.1. The minimum Gasteiger partial charge on any atom is -0.380 e. The molecule has 1 aromatic rings. The molecule has 2 rings (SSSR count). The monoisotopic (exact) mass is 262 g/mol. The molecule has 1 fully saturated rings. The molecule has 1 atom stereocenters. The van der Waals surface area contributed by atoms with Gasteiger partial charge in [0.25, 0.3) is 5.91 Å². The fourth-order valence-corrected chi connectivity index (χ4v) is 2.41. The fourth-order valence-electron chi connectivity index (χ4n) is 2.41. The standard InChI is InChI=1S/C15H22N2O2/c1-19-11-12-4-2-6-14(8-12)15(18)17-10-13-5-3-7-16-9-13/h2,4,6,8,13,16H,3,5,7,9-11H2,1H3,(H,17,18). The van der Waals surface area contributed by atoms with Crippen molar-refractivity contribution in [3.05, 3.63) is 35.4 Å². The van der Waals surface area contributed by atoms with Crippen LogP contribution in [-0.4, -0.2) is 32.7 Å². The summed E-state index contributed by atoms with van der Waals surface area (Å²) in [6, 6.07) is 7.59. The van der Waals surface area contributed by atoms with E-state index in [-0.39, 0.29) is 5.91 Å². The first-order valence-electron chi connectivity index (χ1n) is 6.86. The molecule has 1 saturated heterocycles. The topological polar surface area (TPSA) is 50.4 Å². The van der Waals surface area contributed by atoms with E-state index in [1.807, 2.05) is 24.3 Å². The molecule has 1 aromatic carbocycles. The summed E-state index contributed by atoms with van der Waals surface area (Å²) in [5, 5.41) is 6.37.